The minimum Gasteiger partial charge on any atom is -0.467 e. The fourth-order valence-corrected chi connectivity index (χ4v) is 6.29. The Hall–Kier alpha value is -1.78. The van der Waals surface area contributed by atoms with Gasteiger partial charge in [0.15, 0.2) is 18.7 Å². The summed E-state index contributed by atoms with van der Waals surface area (Å²) in [6.45, 7) is 6.03. The number of unbranched alkanes of at least 4 members (excludes halogenated alkanes) is 1. The molecule has 0 aromatic heterocycles. The third kappa shape index (κ3) is 13.4. The van der Waals surface area contributed by atoms with Crippen LogP contribution in [0.15, 0.2) is 24.3 Å². The van der Waals surface area contributed by atoms with Crippen LogP contribution in [-0.2, 0) is 38.0 Å². The highest BCUT2D eigenvalue weighted by Crippen LogP contribution is 2.41. The quantitative estimate of drug-likeness (QED) is 0.113. The molecular formula is C34H56O9. The van der Waals surface area contributed by atoms with Gasteiger partial charge in [-0.1, -0.05) is 44.1 Å². The first-order valence-electron chi connectivity index (χ1n) is 16.6. The lowest BCUT2D eigenvalue weighted by atomic mass is 9.89. The van der Waals surface area contributed by atoms with E-state index >= 15 is 0 Å². The molecule has 1 N–H and O–H groups in total. The summed E-state index contributed by atoms with van der Waals surface area (Å²) in [7, 11) is 1.27. The second-order valence-corrected chi connectivity index (χ2v) is 12.4. The molecule has 8 atom stereocenters. The Morgan fingerprint density at radius 2 is 1.70 bits per heavy atom. The SMILES string of the molecule is COC(=O)C(O)CC/C=C\C[C@@H]1[C@@H](/C=C/CC(C)CCCCOC2CCCCO2)[C@H](OC2CCCCO2)C[C@@H]1OC(C)=O. The summed E-state index contributed by atoms with van der Waals surface area (Å²) in [4.78, 5) is 23.5. The number of allylic oxidation sites excluding steroid dienone is 3. The average molecular weight is 609 g/mol. The number of ether oxygens (including phenoxy) is 6. The molecule has 9 heteroatoms. The molecule has 9 nitrogen and oxygen atoms in total. The molecule has 0 spiro atoms. The first kappa shape index (κ1) is 35.7. The highest BCUT2D eigenvalue weighted by molar-refractivity contribution is 5.74. The maximum Gasteiger partial charge on any atom is 0.334 e. The topological polar surface area (TPSA) is 110 Å². The number of hydrogen-bond acceptors (Lipinski definition) is 9. The molecule has 0 radical (unpaired) electrons. The van der Waals surface area contributed by atoms with Gasteiger partial charge < -0.3 is 33.5 Å². The number of hydrogen-bond donors (Lipinski definition) is 1. The van der Waals surface area contributed by atoms with E-state index in [1.807, 2.05) is 6.08 Å². The zero-order valence-corrected chi connectivity index (χ0v) is 26.7. The van der Waals surface area contributed by atoms with Crippen molar-refractivity contribution in [3.8, 4) is 0 Å². The van der Waals surface area contributed by atoms with Crippen molar-refractivity contribution in [2.24, 2.45) is 17.8 Å². The molecule has 3 fully saturated rings. The minimum atomic E-state index is -1.13. The fourth-order valence-electron chi connectivity index (χ4n) is 6.29. The monoisotopic (exact) mass is 608 g/mol. The predicted octanol–water partition coefficient (Wildman–Crippen LogP) is 6.02. The fraction of sp³-hybridized carbons (Fsp3) is 0.824. The van der Waals surface area contributed by atoms with Crippen LogP contribution in [0.4, 0.5) is 0 Å². The van der Waals surface area contributed by atoms with Crippen LogP contribution in [-0.4, -0.2) is 74.9 Å². The smallest absolute Gasteiger partial charge is 0.334 e. The lowest BCUT2D eigenvalue weighted by Crippen LogP contribution is -2.30. The molecule has 2 heterocycles. The van der Waals surface area contributed by atoms with Gasteiger partial charge in [0, 0.05) is 45.0 Å². The number of aliphatic hydroxyl groups excluding tert-OH is 1. The Kier molecular flexibility index (Phi) is 16.8. The summed E-state index contributed by atoms with van der Waals surface area (Å²) in [6, 6.07) is 0. The summed E-state index contributed by atoms with van der Waals surface area (Å²) in [5, 5.41) is 9.86. The molecule has 43 heavy (non-hydrogen) atoms. The van der Waals surface area contributed by atoms with Crippen molar-refractivity contribution in [3.63, 3.8) is 0 Å². The van der Waals surface area contributed by atoms with Gasteiger partial charge in [-0.25, -0.2) is 4.79 Å². The molecule has 246 valence electrons. The van der Waals surface area contributed by atoms with Gasteiger partial charge in [0.2, 0.25) is 0 Å². The molecule has 3 aliphatic rings. The standard InChI is InChI=1S/C34H56O9/c1-25(14-7-10-21-39-32-19-8-11-22-40-32)15-13-17-28-27(16-5-4-6-18-29(36)34(37)38-3)30(42-26(2)35)24-31(28)43-33-20-9-12-23-41-33/h4-5,13,17,25,27-33,36H,6-12,14-16,18-24H2,1-3H3/b5-4-,17-13+/t25?,27-,28-,29?,30+,31-,32?,33?/m1/s1. The van der Waals surface area contributed by atoms with Gasteiger partial charge in [0.05, 0.1) is 13.2 Å². The van der Waals surface area contributed by atoms with Crippen molar-refractivity contribution >= 4 is 11.9 Å². The second-order valence-electron chi connectivity index (χ2n) is 12.4. The summed E-state index contributed by atoms with van der Waals surface area (Å²) in [6.07, 6.45) is 19.7. The van der Waals surface area contributed by atoms with Crippen molar-refractivity contribution in [1.82, 2.24) is 0 Å². The Balaban J connectivity index is 1.55. The van der Waals surface area contributed by atoms with Gasteiger partial charge in [-0.2, -0.15) is 0 Å². The molecule has 2 aliphatic heterocycles. The number of methoxy groups -OCH3 is 1. The normalized spacial score (nSPS) is 29.6. The van der Waals surface area contributed by atoms with Gasteiger partial charge in [0.25, 0.3) is 0 Å². The average Bonchev–Trinajstić information content (AvgIpc) is 3.31. The van der Waals surface area contributed by atoms with Gasteiger partial charge in [-0.3, -0.25) is 4.79 Å². The minimum absolute atomic E-state index is 0.0141. The van der Waals surface area contributed by atoms with Crippen LogP contribution < -0.4 is 0 Å². The number of rotatable bonds is 18. The zero-order valence-electron chi connectivity index (χ0n) is 26.7. The lowest BCUT2D eigenvalue weighted by molar-refractivity contribution is -0.193. The Labute approximate surface area is 258 Å². The highest BCUT2D eigenvalue weighted by atomic mass is 16.7. The van der Waals surface area contributed by atoms with Crippen LogP contribution >= 0.6 is 0 Å². The molecule has 4 unspecified atom stereocenters. The van der Waals surface area contributed by atoms with E-state index in [1.54, 1.807) is 0 Å². The van der Waals surface area contributed by atoms with E-state index in [2.05, 4.69) is 29.9 Å². The van der Waals surface area contributed by atoms with E-state index in [0.29, 0.717) is 38.2 Å². The highest BCUT2D eigenvalue weighted by Gasteiger charge is 2.45. The van der Waals surface area contributed by atoms with Crippen molar-refractivity contribution < 1.29 is 43.1 Å². The van der Waals surface area contributed by atoms with Crippen molar-refractivity contribution in [2.75, 3.05) is 26.9 Å². The zero-order chi connectivity index (χ0) is 30.9. The summed E-state index contributed by atoms with van der Waals surface area (Å²) >= 11 is 0. The largest absolute Gasteiger partial charge is 0.467 e. The van der Waals surface area contributed by atoms with Gasteiger partial charge in [0.1, 0.15) is 6.10 Å². The van der Waals surface area contributed by atoms with Crippen LogP contribution in [0.1, 0.15) is 104 Å². The third-order valence-corrected chi connectivity index (χ3v) is 8.73. The maximum absolute atomic E-state index is 12.0. The van der Waals surface area contributed by atoms with E-state index in [9.17, 15) is 14.7 Å². The summed E-state index contributed by atoms with van der Waals surface area (Å²) < 4.78 is 34.3. The molecule has 3 rings (SSSR count). The first-order chi connectivity index (χ1) is 20.9. The third-order valence-electron chi connectivity index (χ3n) is 8.73. The lowest BCUT2D eigenvalue weighted by Gasteiger charge is -2.29. The Morgan fingerprint density at radius 3 is 2.37 bits per heavy atom. The molecule has 0 aromatic rings. The van der Waals surface area contributed by atoms with E-state index in [0.717, 1.165) is 71.0 Å². The number of esters is 2. The molecule has 0 amide bonds. The Bertz CT molecular complexity index is 847. The van der Waals surface area contributed by atoms with Crippen LogP contribution in [0.2, 0.25) is 0 Å². The van der Waals surface area contributed by atoms with Gasteiger partial charge in [-0.15, -0.1) is 0 Å². The van der Waals surface area contributed by atoms with Crippen LogP contribution in [0.3, 0.4) is 0 Å². The predicted molar refractivity (Wildman–Crippen MR) is 163 cm³/mol. The van der Waals surface area contributed by atoms with Crippen LogP contribution in [0.5, 0.6) is 0 Å². The number of carbonyl (C=O) groups excluding carboxylic acids is 2. The van der Waals surface area contributed by atoms with E-state index in [-0.39, 0.29) is 42.6 Å². The summed E-state index contributed by atoms with van der Waals surface area (Å²) in [5.41, 5.74) is 0. The molecular weight excluding hydrogens is 552 g/mol. The molecule has 0 aromatic carbocycles. The van der Waals surface area contributed by atoms with Crippen molar-refractivity contribution in [3.05, 3.63) is 24.3 Å². The molecule has 0 bridgehead atoms. The number of carbonyl (C=O) groups is 2. The maximum atomic E-state index is 12.0. The molecule has 1 aliphatic carbocycles. The Morgan fingerprint density at radius 1 is 0.953 bits per heavy atom. The van der Waals surface area contributed by atoms with Gasteiger partial charge >= 0.3 is 11.9 Å². The summed E-state index contributed by atoms with van der Waals surface area (Å²) in [5.74, 6) is -0.217. The van der Waals surface area contributed by atoms with Gasteiger partial charge in [-0.05, 0) is 76.5 Å². The van der Waals surface area contributed by atoms with E-state index in [4.69, 9.17) is 23.7 Å². The van der Waals surface area contributed by atoms with Crippen LogP contribution in [0.25, 0.3) is 0 Å². The second kappa shape index (κ2) is 20.3. The molecule has 2 saturated heterocycles. The van der Waals surface area contributed by atoms with E-state index in [1.165, 1.54) is 20.5 Å². The molecule has 1 saturated carbocycles. The van der Waals surface area contributed by atoms with Crippen LogP contribution in [0, 0.1) is 17.8 Å². The van der Waals surface area contributed by atoms with Crippen molar-refractivity contribution in [2.45, 2.75) is 135 Å². The van der Waals surface area contributed by atoms with E-state index < -0.39 is 12.1 Å². The number of aliphatic hydroxyl groups is 1. The first-order valence-corrected chi connectivity index (χ1v) is 16.6. The van der Waals surface area contributed by atoms with Crippen molar-refractivity contribution in [1.29, 1.82) is 0 Å².